The van der Waals surface area contributed by atoms with Gasteiger partial charge in [0.05, 0.1) is 18.9 Å². The minimum absolute atomic E-state index is 0.0437. The molecule has 0 radical (unpaired) electrons. The van der Waals surface area contributed by atoms with Gasteiger partial charge in [-0.15, -0.1) is 0 Å². The number of carbonyl (C=O) groups excluding carboxylic acids is 1. The van der Waals surface area contributed by atoms with E-state index in [1.54, 1.807) is 36.0 Å². The maximum absolute atomic E-state index is 12.0. The predicted molar refractivity (Wildman–Crippen MR) is 81.5 cm³/mol. The molecule has 0 aliphatic heterocycles. The molecule has 0 saturated heterocycles. The fourth-order valence-electron chi connectivity index (χ4n) is 1.52. The lowest BCUT2D eigenvalue weighted by molar-refractivity contribution is 0.0921. The number of rotatable bonds is 8. The highest BCUT2D eigenvalue weighted by atomic mass is 32.2. The van der Waals surface area contributed by atoms with Crippen molar-refractivity contribution >= 4 is 27.8 Å². The molecule has 1 amide bonds. The van der Waals surface area contributed by atoms with Gasteiger partial charge in [-0.2, -0.15) is 20.2 Å². The second-order valence-electron chi connectivity index (χ2n) is 4.31. The molecule has 1 aromatic rings. The number of hydrogen-bond donors (Lipinski definition) is 1. The van der Waals surface area contributed by atoms with Crippen LogP contribution in [0.25, 0.3) is 0 Å². The van der Waals surface area contributed by atoms with Gasteiger partial charge in [0.25, 0.3) is 16.0 Å². The highest BCUT2D eigenvalue weighted by Gasteiger charge is 2.16. The van der Waals surface area contributed by atoms with Crippen LogP contribution >= 0.6 is 11.8 Å². The molecule has 1 rings (SSSR count). The van der Waals surface area contributed by atoms with Crippen molar-refractivity contribution in [3.63, 3.8) is 0 Å². The van der Waals surface area contributed by atoms with Crippen LogP contribution in [0.5, 0.6) is 0 Å². The average molecular weight is 317 g/mol. The lowest BCUT2D eigenvalue weighted by Crippen LogP contribution is -2.39. The second-order valence-corrected chi connectivity index (χ2v) is 6.94. The third-order valence-corrected chi connectivity index (χ3v) is 3.73. The van der Waals surface area contributed by atoms with Gasteiger partial charge in [0.1, 0.15) is 0 Å². The predicted octanol–water partition coefficient (Wildman–Crippen LogP) is 1.51. The van der Waals surface area contributed by atoms with E-state index in [0.717, 1.165) is 12.0 Å². The number of thioether (sulfide) groups is 1. The van der Waals surface area contributed by atoms with E-state index in [1.807, 2.05) is 12.3 Å². The minimum Gasteiger partial charge on any atom is -0.347 e. The van der Waals surface area contributed by atoms with E-state index in [1.165, 1.54) is 0 Å². The summed E-state index contributed by atoms with van der Waals surface area (Å²) in [5.74, 6) is 0.584. The molecule has 0 aromatic heterocycles. The minimum atomic E-state index is -3.50. The highest BCUT2D eigenvalue weighted by Crippen LogP contribution is 2.05. The Labute approximate surface area is 124 Å². The molecule has 5 nitrogen and oxygen atoms in total. The van der Waals surface area contributed by atoms with Gasteiger partial charge in [0, 0.05) is 5.56 Å². The summed E-state index contributed by atoms with van der Waals surface area (Å²) in [4.78, 5) is 12.0. The Balaban J connectivity index is 2.61. The first-order valence-corrected chi connectivity index (χ1v) is 9.32. The van der Waals surface area contributed by atoms with Crippen molar-refractivity contribution in [1.29, 1.82) is 0 Å². The summed E-state index contributed by atoms with van der Waals surface area (Å²) in [5, 5.41) is 2.80. The van der Waals surface area contributed by atoms with Gasteiger partial charge in [-0.3, -0.25) is 8.98 Å². The van der Waals surface area contributed by atoms with Crippen LogP contribution in [0.1, 0.15) is 16.8 Å². The van der Waals surface area contributed by atoms with Crippen molar-refractivity contribution < 1.29 is 17.4 Å². The topological polar surface area (TPSA) is 72.5 Å². The molecular weight excluding hydrogens is 298 g/mol. The third kappa shape index (κ3) is 6.93. The molecular formula is C13H19NO4S2. The molecule has 112 valence electrons. The zero-order chi connectivity index (χ0) is 15.0. The van der Waals surface area contributed by atoms with Crippen LogP contribution in [0.4, 0.5) is 0 Å². The fourth-order valence-corrected chi connectivity index (χ4v) is 2.45. The second kappa shape index (κ2) is 8.28. The summed E-state index contributed by atoms with van der Waals surface area (Å²) in [6, 6.07) is 8.47. The molecule has 0 saturated carbocycles. The van der Waals surface area contributed by atoms with Gasteiger partial charge >= 0.3 is 0 Å². The lowest BCUT2D eigenvalue weighted by Gasteiger charge is -2.17. The zero-order valence-corrected chi connectivity index (χ0v) is 13.2. The van der Waals surface area contributed by atoms with Gasteiger partial charge in [-0.05, 0) is 30.6 Å². The van der Waals surface area contributed by atoms with Gasteiger partial charge in [-0.25, -0.2) is 0 Å². The first kappa shape index (κ1) is 17.0. The fraction of sp³-hybridized carbons (Fsp3) is 0.462. The summed E-state index contributed by atoms with van der Waals surface area (Å²) >= 11 is 1.63. The van der Waals surface area contributed by atoms with E-state index < -0.39 is 10.1 Å². The number of carbonyl (C=O) groups is 1. The van der Waals surface area contributed by atoms with Gasteiger partial charge in [0.15, 0.2) is 0 Å². The molecule has 20 heavy (non-hydrogen) atoms. The lowest BCUT2D eigenvalue weighted by atomic mass is 10.2. The first-order chi connectivity index (χ1) is 9.42. The third-order valence-electron chi connectivity index (χ3n) is 2.52. The molecule has 1 N–H and O–H groups in total. The van der Waals surface area contributed by atoms with Crippen LogP contribution in [-0.4, -0.2) is 45.2 Å². The Morgan fingerprint density at radius 2 is 2.00 bits per heavy atom. The summed E-state index contributed by atoms with van der Waals surface area (Å²) in [6.45, 7) is -0.0437. The van der Waals surface area contributed by atoms with Crippen LogP contribution in [0.2, 0.25) is 0 Å². The molecule has 0 fully saturated rings. The summed E-state index contributed by atoms with van der Waals surface area (Å²) < 4.78 is 26.8. The van der Waals surface area contributed by atoms with Gasteiger partial charge < -0.3 is 5.32 Å². The highest BCUT2D eigenvalue weighted by molar-refractivity contribution is 7.98. The monoisotopic (exact) mass is 317 g/mol. The van der Waals surface area contributed by atoms with E-state index in [4.69, 9.17) is 4.18 Å². The standard InChI is InChI=1S/C13H19NO4S2/c1-19-9-8-12(10-18-20(2,16)17)14-13(15)11-6-4-3-5-7-11/h3-7,12H,8-10H2,1-2H3,(H,14,15)/t12-/m0/s1. The smallest absolute Gasteiger partial charge is 0.264 e. The van der Waals surface area contributed by atoms with Crippen LogP contribution < -0.4 is 5.32 Å². The van der Waals surface area contributed by atoms with Crippen molar-refractivity contribution in [2.45, 2.75) is 12.5 Å². The van der Waals surface area contributed by atoms with Crippen LogP contribution in [-0.2, 0) is 14.3 Å². The van der Waals surface area contributed by atoms with E-state index in [-0.39, 0.29) is 18.6 Å². The van der Waals surface area contributed by atoms with E-state index in [2.05, 4.69) is 5.32 Å². The maximum Gasteiger partial charge on any atom is 0.264 e. The first-order valence-electron chi connectivity index (χ1n) is 6.11. The van der Waals surface area contributed by atoms with E-state index >= 15 is 0 Å². The largest absolute Gasteiger partial charge is 0.347 e. The summed E-state index contributed by atoms with van der Waals surface area (Å²) in [5.41, 5.74) is 0.543. The number of amides is 1. The normalized spacial score (nSPS) is 12.9. The molecule has 0 unspecified atom stereocenters. The number of hydrogen-bond acceptors (Lipinski definition) is 5. The van der Waals surface area contributed by atoms with Gasteiger partial charge in [-0.1, -0.05) is 18.2 Å². The summed E-state index contributed by atoms with van der Waals surface area (Å²) in [7, 11) is -3.50. The average Bonchev–Trinajstić information content (AvgIpc) is 2.41. The zero-order valence-electron chi connectivity index (χ0n) is 11.5. The maximum atomic E-state index is 12.0. The van der Waals surface area contributed by atoms with Crippen molar-refractivity contribution in [1.82, 2.24) is 5.32 Å². The molecule has 1 aromatic carbocycles. The number of nitrogens with one attached hydrogen (secondary N) is 1. The molecule has 0 bridgehead atoms. The number of benzene rings is 1. The molecule has 0 aliphatic carbocycles. The molecule has 1 atom stereocenters. The Morgan fingerprint density at radius 1 is 1.35 bits per heavy atom. The van der Waals surface area contributed by atoms with Crippen molar-refractivity contribution in [2.75, 3.05) is 24.9 Å². The molecule has 0 heterocycles. The van der Waals surface area contributed by atoms with Crippen molar-refractivity contribution in [3.8, 4) is 0 Å². The van der Waals surface area contributed by atoms with E-state index in [0.29, 0.717) is 12.0 Å². The Bertz CT molecular complexity index is 516. The summed E-state index contributed by atoms with van der Waals surface area (Å²) in [6.07, 6.45) is 3.60. The van der Waals surface area contributed by atoms with Crippen LogP contribution in [0, 0.1) is 0 Å². The van der Waals surface area contributed by atoms with Gasteiger partial charge in [0.2, 0.25) is 0 Å². The SMILES string of the molecule is CSCC[C@@H](COS(C)(=O)=O)NC(=O)c1ccccc1. The van der Waals surface area contributed by atoms with Crippen LogP contribution in [0.3, 0.4) is 0 Å². The Hall–Kier alpha value is -1.05. The van der Waals surface area contributed by atoms with Crippen LogP contribution in [0.15, 0.2) is 30.3 Å². The molecule has 7 heteroatoms. The Kier molecular flexibility index (Phi) is 7.04. The van der Waals surface area contributed by atoms with E-state index in [9.17, 15) is 13.2 Å². The molecule has 0 aliphatic rings. The quantitative estimate of drug-likeness (QED) is 0.736. The van der Waals surface area contributed by atoms with Crippen molar-refractivity contribution in [3.05, 3.63) is 35.9 Å². The Morgan fingerprint density at radius 3 is 2.55 bits per heavy atom. The molecule has 0 spiro atoms. The van der Waals surface area contributed by atoms with Crippen molar-refractivity contribution in [2.24, 2.45) is 0 Å².